The highest BCUT2D eigenvalue weighted by Gasteiger charge is 2.47. The first-order valence-electron chi connectivity index (χ1n) is 18.8. The molecule has 11 heteroatoms. The Kier molecular flexibility index (Phi) is 14.2. The smallest absolute Gasteiger partial charge is 0.317 e. The molecule has 0 saturated carbocycles. The zero-order valence-corrected chi connectivity index (χ0v) is 33.2. The minimum atomic E-state index is -1.46. The van der Waals surface area contributed by atoms with Gasteiger partial charge in [0.15, 0.2) is 0 Å². The van der Waals surface area contributed by atoms with Crippen LogP contribution in [0.25, 0.3) is 10.8 Å². The van der Waals surface area contributed by atoms with Crippen LogP contribution in [0.2, 0.25) is 25.7 Å². The monoisotopic (exact) mass is 738 g/mol. The van der Waals surface area contributed by atoms with E-state index in [2.05, 4.69) is 26.6 Å². The van der Waals surface area contributed by atoms with Crippen molar-refractivity contribution < 1.29 is 47.7 Å². The minimum absolute atomic E-state index is 0.00779. The maximum absolute atomic E-state index is 14.0. The number of rotatable bonds is 17. The number of fused-ring (bicyclic) bond motifs is 1. The second-order valence-electron chi connectivity index (χ2n) is 17.1. The second kappa shape index (κ2) is 18.0. The lowest BCUT2D eigenvalue weighted by molar-refractivity contribution is -0.163. The fraction of sp³-hybridized carbons (Fsp3) is 0.634. The number of hydrogen-bond acceptors (Lipinski definition) is 10. The number of benzene rings is 2. The van der Waals surface area contributed by atoms with E-state index in [1.807, 2.05) is 42.5 Å². The molecule has 7 unspecified atom stereocenters. The fourth-order valence-electron chi connectivity index (χ4n) is 7.58. The van der Waals surface area contributed by atoms with Gasteiger partial charge in [0.2, 0.25) is 0 Å². The molecule has 2 aliphatic rings. The van der Waals surface area contributed by atoms with E-state index >= 15 is 0 Å². The van der Waals surface area contributed by atoms with Crippen LogP contribution in [0.3, 0.4) is 0 Å². The van der Waals surface area contributed by atoms with Crippen molar-refractivity contribution >= 4 is 48.7 Å². The summed E-state index contributed by atoms with van der Waals surface area (Å²) in [5.41, 5.74) is -0.0310. The third-order valence-corrected chi connectivity index (χ3v) is 11.7. The van der Waals surface area contributed by atoms with Gasteiger partial charge in [0, 0.05) is 14.7 Å². The van der Waals surface area contributed by atoms with Gasteiger partial charge in [-0.05, 0) is 81.5 Å². The lowest BCUT2D eigenvalue weighted by Crippen LogP contribution is -2.35. The zero-order valence-electron chi connectivity index (χ0n) is 32.2. The highest BCUT2D eigenvalue weighted by Crippen LogP contribution is 2.39. The third kappa shape index (κ3) is 12.3. The summed E-state index contributed by atoms with van der Waals surface area (Å²) in [5, 5.41) is 1.96. The normalized spacial score (nSPS) is 21.7. The van der Waals surface area contributed by atoms with Crippen molar-refractivity contribution in [2.75, 3.05) is 13.2 Å². The maximum atomic E-state index is 14.0. The van der Waals surface area contributed by atoms with E-state index < -0.39 is 73.1 Å². The SMILES string of the molecule is CC(CC1C(=O)OC(=O)C1CC(CC(CC(C)C(=O)OCC1CCCO1)C(=O)OCc1cccc2ccccc12)C(=O)OC(C)(C)C)C[Si](C)(C)C. The molecule has 0 radical (unpaired) electrons. The van der Waals surface area contributed by atoms with Crippen molar-refractivity contribution in [1.82, 2.24) is 0 Å². The first-order chi connectivity index (χ1) is 24.4. The topological polar surface area (TPSA) is 132 Å². The number of ether oxygens (including phenoxy) is 5. The summed E-state index contributed by atoms with van der Waals surface area (Å²) in [7, 11) is -1.46. The summed E-state index contributed by atoms with van der Waals surface area (Å²) in [6, 6.07) is 14.6. The average Bonchev–Trinajstić information content (AvgIpc) is 3.67. The summed E-state index contributed by atoms with van der Waals surface area (Å²) >= 11 is 0. The van der Waals surface area contributed by atoms with E-state index in [1.165, 1.54) is 0 Å². The van der Waals surface area contributed by atoms with Crippen LogP contribution < -0.4 is 0 Å². The molecule has 4 rings (SSSR count). The molecule has 0 bridgehead atoms. The van der Waals surface area contributed by atoms with Crippen LogP contribution in [-0.2, 0) is 54.3 Å². The molecule has 0 spiro atoms. The molecule has 286 valence electrons. The molecular weight excluding hydrogens is 681 g/mol. The molecule has 0 aliphatic carbocycles. The third-order valence-electron chi connectivity index (χ3n) is 9.82. The zero-order chi connectivity index (χ0) is 38.2. The van der Waals surface area contributed by atoms with E-state index in [9.17, 15) is 24.0 Å². The molecular formula is C41H58O10Si. The van der Waals surface area contributed by atoms with Gasteiger partial charge in [0.05, 0.1) is 35.7 Å². The Morgan fingerprint density at radius 3 is 2.17 bits per heavy atom. The van der Waals surface area contributed by atoms with Gasteiger partial charge < -0.3 is 23.7 Å². The Morgan fingerprint density at radius 2 is 1.52 bits per heavy atom. The van der Waals surface area contributed by atoms with E-state index in [-0.39, 0.29) is 44.5 Å². The Hall–Kier alpha value is -3.57. The Morgan fingerprint density at radius 1 is 0.846 bits per heavy atom. The lowest BCUT2D eigenvalue weighted by Gasteiger charge is -2.29. The van der Waals surface area contributed by atoms with Crippen molar-refractivity contribution in [3.05, 3.63) is 48.0 Å². The molecule has 0 amide bonds. The quantitative estimate of drug-likeness (QED) is 0.0690. The van der Waals surface area contributed by atoms with Crippen LogP contribution in [0.1, 0.15) is 78.7 Å². The molecule has 2 heterocycles. The molecule has 2 aliphatic heterocycles. The number of cyclic esters (lactones) is 2. The van der Waals surface area contributed by atoms with Crippen molar-refractivity contribution in [2.24, 2.45) is 35.5 Å². The molecule has 2 aromatic rings. The lowest BCUT2D eigenvalue weighted by atomic mass is 9.78. The average molecular weight is 739 g/mol. The fourth-order valence-corrected chi connectivity index (χ4v) is 9.83. The molecule has 2 fully saturated rings. The van der Waals surface area contributed by atoms with Crippen LogP contribution in [0.15, 0.2) is 42.5 Å². The molecule has 52 heavy (non-hydrogen) atoms. The Bertz CT molecular complexity index is 1560. The number of carbonyl (C=O) groups is 5. The Balaban J connectivity index is 1.59. The van der Waals surface area contributed by atoms with E-state index in [1.54, 1.807) is 27.7 Å². The molecule has 7 atom stereocenters. The first-order valence-corrected chi connectivity index (χ1v) is 22.5. The molecule has 0 aromatic heterocycles. The van der Waals surface area contributed by atoms with Crippen LogP contribution in [0, 0.1) is 35.5 Å². The van der Waals surface area contributed by atoms with Gasteiger partial charge in [-0.3, -0.25) is 24.0 Å². The number of hydrogen-bond donors (Lipinski definition) is 0. The highest BCUT2D eigenvalue weighted by molar-refractivity contribution is 6.76. The van der Waals surface area contributed by atoms with Crippen LogP contribution in [0.4, 0.5) is 0 Å². The van der Waals surface area contributed by atoms with Gasteiger partial charge in [-0.15, -0.1) is 0 Å². The van der Waals surface area contributed by atoms with Crippen molar-refractivity contribution in [2.45, 2.75) is 117 Å². The molecule has 2 saturated heterocycles. The summed E-state index contributed by atoms with van der Waals surface area (Å²) in [6.07, 6.45) is 1.99. The van der Waals surface area contributed by atoms with Gasteiger partial charge in [-0.1, -0.05) is 82.0 Å². The van der Waals surface area contributed by atoms with Gasteiger partial charge in [-0.25, -0.2) is 0 Å². The van der Waals surface area contributed by atoms with Crippen LogP contribution in [0.5, 0.6) is 0 Å². The number of esters is 5. The predicted molar refractivity (Wildman–Crippen MR) is 200 cm³/mol. The standard InChI is InChI=1S/C41H58O10Si/c1-26(25-52(6,7)8)19-34-35(40(46)50-39(34)45)22-31(38(44)51-41(3,4)5)21-30(20-27(2)36(42)49-24-32-16-12-18-47-32)37(43)48-23-29-15-11-14-28-13-9-10-17-33(28)29/h9-11,13-15,17,26-27,30-32,34-35H,12,16,18-25H2,1-8H3. The van der Waals surface area contributed by atoms with Crippen molar-refractivity contribution in [3.63, 3.8) is 0 Å². The first kappa shape index (κ1) is 41.2. The van der Waals surface area contributed by atoms with Crippen molar-refractivity contribution in [3.8, 4) is 0 Å². The molecule has 2 aromatic carbocycles. The Labute approximate surface area is 309 Å². The van der Waals surface area contributed by atoms with Gasteiger partial charge in [0.1, 0.15) is 18.8 Å². The number of carbonyl (C=O) groups excluding carboxylic acids is 5. The van der Waals surface area contributed by atoms with E-state index in [0.29, 0.717) is 13.0 Å². The van der Waals surface area contributed by atoms with Crippen LogP contribution >= 0.6 is 0 Å². The van der Waals surface area contributed by atoms with E-state index in [0.717, 1.165) is 35.2 Å². The van der Waals surface area contributed by atoms with Gasteiger partial charge in [-0.2, -0.15) is 0 Å². The highest BCUT2D eigenvalue weighted by atomic mass is 28.3. The van der Waals surface area contributed by atoms with Crippen molar-refractivity contribution in [1.29, 1.82) is 0 Å². The minimum Gasteiger partial charge on any atom is -0.463 e. The predicted octanol–water partition coefficient (Wildman–Crippen LogP) is 7.67. The molecule has 10 nitrogen and oxygen atoms in total. The molecule has 0 N–H and O–H groups in total. The summed E-state index contributed by atoms with van der Waals surface area (Å²) in [4.78, 5) is 67.3. The van der Waals surface area contributed by atoms with E-state index in [4.69, 9.17) is 23.7 Å². The maximum Gasteiger partial charge on any atom is 0.317 e. The summed E-state index contributed by atoms with van der Waals surface area (Å²) in [6.45, 7) is 16.6. The van der Waals surface area contributed by atoms with Gasteiger partial charge in [0.25, 0.3) is 0 Å². The largest absolute Gasteiger partial charge is 0.463 e. The van der Waals surface area contributed by atoms with Crippen LogP contribution in [-0.4, -0.2) is 62.8 Å². The summed E-state index contributed by atoms with van der Waals surface area (Å²) < 4.78 is 28.1. The summed E-state index contributed by atoms with van der Waals surface area (Å²) in [5.74, 6) is -6.85. The second-order valence-corrected chi connectivity index (χ2v) is 22.6. The van der Waals surface area contributed by atoms with Gasteiger partial charge >= 0.3 is 29.8 Å².